The van der Waals surface area contributed by atoms with Gasteiger partial charge in [0, 0.05) is 38.2 Å². The molecule has 2 aliphatic rings. The van der Waals surface area contributed by atoms with Crippen molar-refractivity contribution in [3.63, 3.8) is 0 Å². The lowest BCUT2D eigenvalue weighted by molar-refractivity contribution is -0.134. The van der Waals surface area contributed by atoms with Gasteiger partial charge < -0.3 is 15.0 Å². The number of rotatable bonds is 6. The van der Waals surface area contributed by atoms with Crippen molar-refractivity contribution in [3.05, 3.63) is 29.8 Å². The molecule has 2 amide bonds. The summed E-state index contributed by atoms with van der Waals surface area (Å²) in [5, 5.41) is 2.93. The summed E-state index contributed by atoms with van der Waals surface area (Å²) in [7, 11) is 0. The van der Waals surface area contributed by atoms with Gasteiger partial charge in [-0.1, -0.05) is 18.2 Å². The molecule has 26 heavy (non-hydrogen) atoms. The second-order valence-electron chi connectivity index (χ2n) is 7.10. The summed E-state index contributed by atoms with van der Waals surface area (Å²) in [6.45, 7) is 7.64. The van der Waals surface area contributed by atoms with Gasteiger partial charge in [0.25, 0.3) is 0 Å². The van der Waals surface area contributed by atoms with Crippen LogP contribution >= 0.6 is 0 Å². The quantitative estimate of drug-likeness (QED) is 0.843. The molecule has 2 saturated heterocycles. The Morgan fingerprint density at radius 1 is 1.27 bits per heavy atom. The number of fused-ring (bicyclic) bond motifs is 1. The van der Waals surface area contributed by atoms with Gasteiger partial charge in [-0.2, -0.15) is 0 Å². The third-order valence-corrected chi connectivity index (χ3v) is 5.29. The molecule has 1 N–H and O–H groups in total. The van der Waals surface area contributed by atoms with E-state index in [1.54, 1.807) is 0 Å². The van der Waals surface area contributed by atoms with E-state index in [4.69, 9.17) is 4.74 Å². The first kappa shape index (κ1) is 18.7. The molecule has 0 bridgehead atoms. The maximum Gasteiger partial charge on any atom is 0.225 e. The molecule has 142 valence electrons. The van der Waals surface area contributed by atoms with Gasteiger partial charge in [0.15, 0.2) is 0 Å². The van der Waals surface area contributed by atoms with Gasteiger partial charge in [-0.25, -0.2) is 0 Å². The minimum absolute atomic E-state index is 0.0987. The Bertz CT molecular complexity index is 649. The van der Waals surface area contributed by atoms with Crippen LogP contribution in [0.25, 0.3) is 0 Å². The van der Waals surface area contributed by atoms with Gasteiger partial charge in [-0.15, -0.1) is 0 Å². The van der Waals surface area contributed by atoms with Crippen molar-refractivity contribution < 1.29 is 14.3 Å². The van der Waals surface area contributed by atoms with E-state index in [1.807, 2.05) is 36.1 Å². The summed E-state index contributed by atoms with van der Waals surface area (Å²) in [5.41, 5.74) is 0.859. The van der Waals surface area contributed by atoms with Crippen LogP contribution < -0.4 is 10.1 Å². The van der Waals surface area contributed by atoms with Gasteiger partial charge in [0.1, 0.15) is 5.75 Å². The summed E-state index contributed by atoms with van der Waals surface area (Å²) in [5.74, 6) is 0.679. The van der Waals surface area contributed by atoms with E-state index in [0.29, 0.717) is 12.6 Å². The van der Waals surface area contributed by atoms with Gasteiger partial charge in [-0.3, -0.25) is 14.5 Å². The summed E-state index contributed by atoms with van der Waals surface area (Å²) >= 11 is 0. The van der Waals surface area contributed by atoms with Crippen LogP contribution in [-0.2, 0) is 9.59 Å². The van der Waals surface area contributed by atoms with Crippen molar-refractivity contribution in [3.8, 4) is 5.75 Å². The van der Waals surface area contributed by atoms with Crippen LogP contribution in [0, 0.1) is 0 Å². The maximum absolute atomic E-state index is 12.9. The second-order valence-corrected chi connectivity index (χ2v) is 7.10. The van der Waals surface area contributed by atoms with Crippen LogP contribution in [0.1, 0.15) is 44.7 Å². The molecule has 2 aliphatic heterocycles. The standard InChI is InChI=1S/C20H29N3O3/c1-3-26-19-9-5-4-8-17(19)18(21-15(2)24)13-20(25)23-12-11-22-10-6-7-16(22)14-23/h4-5,8-9,16,18H,3,6-7,10-14H2,1-2H3,(H,21,24). The number of carbonyl (C=O) groups excluding carboxylic acids is 2. The number of ether oxygens (including phenoxy) is 1. The Hall–Kier alpha value is -2.08. The predicted octanol–water partition coefficient (Wildman–Crippen LogP) is 1.96. The van der Waals surface area contributed by atoms with Gasteiger partial charge in [0.05, 0.1) is 19.1 Å². The van der Waals surface area contributed by atoms with Crippen LogP contribution in [0.3, 0.4) is 0 Å². The lowest BCUT2D eigenvalue weighted by atomic mass is 10.0. The van der Waals surface area contributed by atoms with E-state index in [-0.39, 0.29) is 24.3 Å². The molecule has 0 aliphatic carbocycles. The highest BCUT2D eigenvalue weighted by Crippen LogP contribution is 2.29. The molecule has 2 unspecified atom stereocenters. The van der Waals surface area contributed by atoms with Gasteiger partial charge >= 0.3 is 0 Å². The fourth-order valence-corrected chi connectivity index (χ4v) is 4.06. The number of amides is 2. The highest BCUT2D eigenvalue weighted by atomic mass is 16.5. The van der Waals surface area contributed by atoms with Crippen molar-refractivity contribution in [1.29, 1.82) is 0 Å². The number of benzene rings is 1. The zero-order chi connectivity index (χ0) is 18.5. The minimum atomic E-state index is -0.371. The van der Waals surface area contributed by atoms with Crippen molar-refractivity contribution >= 4 is 11.8 Å². The SMILES string of the molecule is CCOc1ccccc1C(CC(=O)N1CCN2CCCC2C1)NC(C)=O. The Morgan fingerprint density at radius 3 is 2.85 bits per heavy atom. The fourth-order valence-electron chi connectivity index (χ4n) is 4.06. The molecule has 1 aromatic rings. The largest absolute Gasteiger partial charge is 0.494 e. The zero-order valence-corrected chi connectivity index (χ0v) is 15.7. The van der Waals surface area contributed by atoms with Gasteiger partial charge in [0.2, 0.25) is 11.8 Å². The molecular formula is C20H29N3O3. The number of hydrogen-bond donors (Lipinski definition) is 1. The minimum Gasteiger partial charge on any atom is -0.494 e. The van der Waals surface area contributed by atoms with E-state index in [0.717, 1.165) is 37.5 Å². The second kappa shape index (κ2) is 8.54. The third-order valence-electron chi connectivity index (χ3n) is 5.29. The topological polar surface area (TPSA) is 61.9 Å². The van der Waals surface area contributed by atoms with E-state index in [9.17, 15) is 9.59 Å². The van der Waals surface area contributed by atoms with E-state index in [2.05, 4.69) is 10.2 Å². The fraction of sp³-hybridized carbons (Fsp3) is 0.600. The highest BCUT2D eigenvalue weighted by molar-refractivity contribution is 5.79. The molecule has 0 radical (unpaired) electrons. The first-order chi connectivity index (χ1) is 12.6. The molecule has 2 atom stereocenters. The van der Waals surface area contributed by atoms with Crippen LogP contribution in [0.2, 0.25) is 0 Å². The number of piperazine rings is 1. The molecule has 0 aromatic heterocycles. The lowest BCUT2D eigenvalue weighted by Gasteiger charge is -2.38. The molecule has 0 saturated carbocycles. The molecule has 2 heterocycles. The smallest absolute Gasteiger partial charge is 0.225 e. The van der Waals surface area contributed by atoms with Crippen LogP contribution in [0.5, 0.6) is 5.75 Å². The van der Waals surface area contributed by atoms with E-state index >= 15 is 0 Å². The Morgan fingerprint density at radius 2 is 2.08 bits per heavy atom. The molecule has 1 aromatic carbocycles. The molecule has 6 heteroatoms. The number of nitrogens with one attached hydrogen (secondary N) is 1. The Balaban J connectivity index is 1.72. The lowest BCUT2D eigenvalue weighted by Crippen LogP contribution is -2.52. The number of para-hydroxylation sites is 1. The third kappa shape index (κ3) is 4.36. The maximum atomic E-state index is 12.9. The molecule has 0 spiro atoms. The Labute approximate surface area is 155 Å². The first-order valence-corrected chi connectivity index (χ1v) is 9.59. The highest BCUT2D eigenvalue weighted by Gasteiger charge is 2.33. The van der Waals surface area contributed by atoms with Crippen molar-refractivity contribution in [2.24, 2.45) is 0 Å². The number of carbonyl (C=O) groups is 2. The summed E-state index contributed by atoms with van der Waals surface area (Å²) in [6, 6.07) is 7.75. The molecule has 3 rings (SSSR count). The summed E-state index contributed by atoms with van der Waals surface area (Å²) in [6.07, 6.45) is 2.66. The average Bonchev–Trinajstić information content (AvgIpc) is 3.09. The zero-order valence-electron chi connectivity index (χ0n) is 15.7. The van der Waals surface area contributed by atoms with Crippen molar-refractivity contribution in [2.75, 3.05) is 32.8 Å². The molecule has 6 nitrogen and oxygen atoms in total. The van der Waals surface area contributed by atoms with Gasteiger partial charge in [-0.05, 0) is 32.4 Å². The van der Waals surface area contributed by atoms with Crippen molar-refractivity contribution in [2.45, 2.75) is 45.2 Å². The summed E-state index contributed by atoms with van der Waals surface area (Å²) < 4.78 is 5.70. The Kier molecular flexibility index (Phi) is 6.14. The first-order valence-electron chi connectivity index (χ1n) is 9.59. The molecule has 2 fully saturated rings. The van der Waals surface area contributed by atoms with Crippen LogP contribution in [0.4, 0.5) is 0 Å². The van der Waals surface area contributed by atoms with Crippen molar-refractivity contribution in [1.82, 2.24) is 15.1 Å². The monoisotopic (exact) mass is 359 g/mol. The van der Waals surface area contributed by atoms with E-state index in [1.165, 1.54) is 19.8 Å². The average molecular weight is 359 g/mol. The predicted molar refractivity (Wildman–Crippen MR) is 100.0 cm³/mol. The summed E-state index contributed by atoms with van der Waals surface area (Å²) in [4.78, 5) is 29.1. The van der Waals surface area contributed by atoms with E-state index < -0.39 is 0 Å². The number of nitrogens with zero attached hydrogens (tertiary/aromatic N) is 2. The van der Waals surface area contributed by atoms with Crippen LogP contribution in [0.15, 0.2) is 24.3 Å². The normalized spacial score (nSPS) is 21.2. The molecular weight excluding hydrogens is 330 g/mol. The number of hydrogen-bond acceptors (Lipinski definition) is 4. The van der Waals surface area contributed by atoms with Crippen LogP contribution in [-0.4, -0.2) is 60.4 Å².